The van der Waals surface area contributed by atoms with E-state index in [1.54, 1.807) is 11.9 Å². The molecule has 0 bridgehead atoms. The summed E-state index contributed by atoms with van der Waals surface area (Å²) < 4.78 is 0. The first kappa shape index (κ1) is 14.9. The van der Waals surface area contributed by atoms with E-state index in [1.165, 1.54) is 18.2 Å². The average Bonchev–Trinajstić information content (AvgIpc) is 2.39. The third kappa shape index (κ3) is 3.21. The molecule has 0 atom stereocenters. The van der Waals surface area contributed by atoms with Gasteiger partial charge in [-0.1, -0.05) is 13.8 Å². The third-order valence-corrected chi connectivity index (χ3v) is 3.29. The second-order valence-corrected chi connectivity index (χ2v) is 4.34. The molecule has 0 amide bonds. The number of carboxylic acids is 1. The summed E-state index contributed by atoms with van der Waals surface area (Å²) in [5.41, 5.74) is 0.369. The normalized spacial score (nSPS) is 10.5. The molecule has 0 aliphatic rings. The van der Waals surface area contributed by atoms with Crippen LogP contribution in [0.3, 0.4) is 0 Å². The van der Waals surface area contributed by atoms with Crippen molar-refractivity contribution in [3.05, 3.63) is 33.9 Å². The highest BCUT2D eigenvalue weighted by Crippen LogP contribution is 2.28. The molecule has 0 aliphatic heterocycles. The number of nitrogens with zero attached hydrogens (tertiary/aromatic N) is 2. The predicted octanol–water partition coefficient (Wildman–Crippen LogP) is 2.92. The predicted molar refractivity (Wildman–Crippen MR) is 72.8 cm³/mol. The van der Waals surface area contributed by atoms with Crippen LogP contribution in [-0.2, 0) is 0 Å². The van der Waals surface area contributed by atoms with Crippen molar-refractivity contribution in [1.82, 2.24) is 0 Å². The second kappa shape index (κ2) is 6.17. The lowest BCUT2D eigenvalue weighted by Crippen LogP contribution is -2.31. The van der Waals surface area contributed by atoms with Crippen LogP contribution in [0, 0.1) is 10.1 Å². The maximum absolute atomic E-state index is 11.2. The Morgan fingerprint density at radius 3 is 2.42 bits per heavy atom. The highest BCUT2D eigenvalue weighted by atomic mass is 16.6. The van der Waals surface area contributed by atoms with Crippen molar-refractivity contribution < 1.29 is 14.8 Å². The van der Waals surface area contributed by atoms with E-state index in [2.05, 4.69) is 0 Å². The van der Waals surface area contributed by atoms with Crippen molar-refractivity contribution in [2.75, 3.05) is 11.9 Å². The number of carbonyl (C=O) groups is 1. The van der Waals surface area contributed by atoms with Gasteiger partial charge in [0.1, 0.15) is 0 Å². The van der Waals surface area contributed by atoms with Crippen LogP contribution in [0.5, 0.6) is 0 Å². The Kier molecular flexibility index (Phi) is 4.86. The maximum atomic E-state index is 11.2. The number of hydrogen-bond acceptors (Lipinski definition) is 4. The highest BCUT2D eigenvalue weighted by molar-refractivity contribution is 5.95. The number of aromatic carboxylic acids is 1. The molecule has 1 rings (SSSR count). The molecule has 0 aromatic heterocycles. The lowest BCUT2D eigenvalue weighted by Gasteiger charge is -2.29. The van der Waals surface area contributed by atoms with Gasteiger partial charge in [0.25, 0.3) is 5.69 Å². The van der Waals surface area contributed by atoms with Gasteiger partial charge in [-0.15, -0.1) is 0 Å². The summed E-state index contributed by atoms with van der Waals surface area (Å²) >= 11 is 0. The third-order valence-electron chi connectivity index (χ3n) is 3.29. The van der Waals surface area contributed by atoms with E-state index in [9.17, 15) is 20.0 Å². The minimum atomic E-state index is -1.08. The molecule has 0 saturated heterocycles. The fourth-order valence-corrected chi connectivity index (χ4v) is 2.14. The van der Waals surface area contributed by atoms with Gasteiger partial charge in [0, 0.05) is 25.2 Å². The van der Waals surface area contributed by atoms with E-state index in [0.717, 1.165) is 12.8 Å². The molecular weight excluding hydrogens is 248 g/mol. The molecule has 0 fully saturated rings. The zero-order valence-corrected chi connectivity index (χ0v) is 11.3. The van der Waals surface area contributed by atoms with Crippen LogP contribution in [0.1, 0.15) is 37.0 Å². The molecule has 19 heavy (non-hydrogen) atoms. The first-order valence-corrected chi connectivity index (χ1v) is 6.16. The Morgan fingerprint density at radius 2 is 2.00 bits per heavy atom. The van der Waals surface area contributed by atoms with Crippen molar-refractivity contribution in [1.29, 1.82) is 0 Å². The number of non-ortho nitro benzene ring substituents is 1. The number of nitro benzene ring substituents is 1. The molecule has 0 unspecified atom stereocenters. The molecule has 0 saturated carbocycles. The minimum absolute atomic E-state index is 0.0833. The molecule has 6 nitrogen and oxygen atoms in total. The standard InChI is InChI=1S/C13H18N2O4/c1-4-9(5-2)14(3)12-8-10(15(18)19)6-7-11(12)13(16)17/h6-9H,4-5H2,1-3H3,(H,16,17). The van der Waals surface area contributed by atoms with Crippen molar-refractivity contribution in [2.24, 2.45) is 0 Å². The summed E-state index contributed by atoms with van der Waals surface area (Å²) in [6.07, 6.45) is 1.68. The largest absolute Gasteiger partial charge is 0.478 e. The van der Waals surface area contributed by atoms with Crippen LogP contribution in [0.25, 0.3) is 0 Å². The molecule has 104 valence electrons. The summed E-state index contributed by atoms with van der Waals surface area (Å²) in [5.74, 6) is -1.08. The lowest BCUT2D eigenvalue weighted by atomic mass is 10.1. The van der Waals surface area contributed by atoms with Gasteiger partial charge in [0.2, 0.25) is 0 Å². The summed E-state index contributed by atoms with van der Waals surface area (Å²) in [7, 11) is 1.77. The Labute approximate surface area is 111 Å². The molecule has 0 radical (unpaired) electrons. The monoisotopic (exact) mass is 266 g/mol. The van der Waals surface area contributed by atoms with Crippen LogP contribution in [0.2, 0.25) is 0 Å². The summed E-state index contributed by atoms with van der Waals surface area (Å²) in [5, 5.41) is 20.0. The van der Waals surface area contributed by atoms with E-state index in [1.807, 2.05) is 13.8 Å². The van der Waals surface area contributed by atoms with Crippen LogP contribution in [-0.4, -0.2) is 29.1 Å². The summed E-state index contributed by atoms with van der Waals surface area (Å²) in [6.45, 7) is 4.00. The molecule has 1 aromatic carbocycles. The van der Waals surface area contributed by atoms with Gasteiger partial charge >= 0.3 is 5.97 Å². The second-order valence-electron chi connectivity index (χ2n) is 4.34. The lowest BCUT2D eigenvalue weighted by molar-refractivity contribution is -0.384. The van der Waals surface area contributed by atoms with Crippen molar-refractivity contribution in [2.45, 2.75) is 32.7 Å². The molecular formula is C13H18N2O4. The van der Waals surface area contributed by atoms with Gasteiger partial charge in [-0.3, -0.25) is 10.1 Å². The molecule has 1 aromatic rings. The van der Waals surface area contributed by atoms with Crippen LogP contribution in [0.15, 0.2) is 18.2 Å². The quantitative estimate of drug-likeness (QED) is 0.632. The zero-order valence-electron chi connectivity index (χ0n) is 11.3. The van der Waals surface area contributed by atoms with Crippen LogP contribution >= 0.6 is 0 Å². The maximum Gasteiger partial charge on any atom is 0.337 e. The molecule has 0 heterocycles. The van der Waals surface area contributed by atoms with E-state index in [-0.39, 0.29) is 17.3 Å². The molecule has 6 heteroatoms. The summed E-state index contributed by atoms with van der Waals surface area (Å²) in [4.78, 5) is 23.3. The Bertz CT molecular complexity index is 484. The SMILES string of the molecule is CCC(CC)N(C)c1cc([N+](=O)[O-])ccc1C(=O)O. The fraction of sp³-hybridized carbons (Fsp3) is 0.462. The first-order valence-electron chi connectivity index (χ1n) is 6.16. The van der Waals surface area contributed by atoms with Crippen molar-refractivity contribution in [3.8, 4) is 0 Å². The number of benzene rings is 1. The van der Waals surface area contributed by atoms with E-state index >= 15 is 0 Å². The van der Waals surface area contributed by atoms with Gasteiger partial charge in [-0.05, 0) is 18.9 Å². The number of hydrogen-bond donors (Lipinski definition) is 1. The molecule has 0 spiro atoms. The minimum Gasteiger partial charge on any atom is -0.478 e. The van der Waals surface area contributed by atoms with Gasteiger partial charge in [0.15, 0.2) is 0 Å². The van der Waals surface area contributed by atoms with Gasteiger partial charge in [-0.25, -0.2) is 4.79 Å². The number of nitro groups is 1. The van der Waals surface area contributed by atoms with Crippen LogP contribution in [0.4, 0.5) is 11.4 Å². The van der Waals surface area contributed by atoms with Gasteiger partial charge in [0.05, 0.1) is 16.2 Å². The molecule has 1 N–H and O–H groups in total. The number of carboxylic acid groups (broad SMARTS) is 1. The van der Waals surface area contributed by atoms with E-state index < -0.39 is 10.9 Å². The van der Waals surface area contributed by atoms with Gasteiger partial charge in [-0.2, -0.15) is 0 Å². The molecule has 0 aliphatic carbocycles. The zero-order chi connectivity index (χ0) is 14.6. The Balaban J connectivity index is 3.31. The topological polar surface area (TPSA) is 83.7 Å². The number of rotatable bonds is 6. The smallest absolute Gasteiger partial charge is 0.337 e. The van der Waals surface area contributed by atoms with E-state index in [4.69, 9.17) is 0 Å². The first-order chi connectivity index (χ1) is 8.92. The van der Waals surface area contributed by atoms with E-state index in [0.29, 0.717) is 5.69 Å². The fourth-order valence-electron chi connectivity index (χ4n) is 2.14. The average molecular weight is 266 g/mol. The van der Waals surface area contributed by atoms with Crippen molar-refractivity contribution in [3.63, 3.8) is 0 Å². The Morgan fingerprint density at radius 1 is 1.42 bits per heavy atom. The Hall–Kier alpha value is -2.11. The summed E-state index contributed by atoms with van der Waals surface area (Å²) in [6, 6.07) is 3.98. The number of anilines is 1. The van der Waals surface area contributed by atoms with Crippen LogP contribution < -0.4 is 4.90 Å². The highest BCUT2D eigenvalue weighted by Gasteiger charge is 2.21. The van der Waals surface area contributed by atoms with Gasteiger partial charge < -0.3 is 10.0 Å². The van der Waals surface area contributed by atoms with Crippen molar-refractivity contribution >= 4 is 17.3 Å².